The molecule has 0 radical (unpaired) electrons. The van der Waals surface area contributed by atoms with Crippen LogP contribution in [0.15, 0.2) is 29.3 Å². The lowest BCUT2D eigenvalue weighted by Gasteiger charge is -2.25. The molecule has 1 saturated carbocycles. The number of hydrogen-bond donors (Lipinski definition) is 3. The van der Waals surface area contributed by atoms with Gasteiger partial charge in [-0.25, -0.2) is 18.9 Å². The summed E-state index contributed by atoms with van der Waals surface area (Å²) in [7, 11) is -3.87. The van der Waals surface area contributed by atoms with Gasteiger partial charge in [-0.1, -0.05) is 11.8 Å². The van der Waals surface area contributed by atoms with Gasteiger partial charge in [0, 0.05) is 18.4 Å². The zero-order valence-corrected chi connectivity index (χ0v) is 17.9. The van der Waals surface area contributed by atoms with Crippen LogP contribution in [0.5, 0.6) is 0 Å². The van der Waals surface area contributed by atoms with Crippen LogP contribution in [-0.2, 0) is 21.2 Å². The fourth-order valence-corrected chi connectivity index (χ4v) is 3.68. The minimum Gasteiger partial charge on any atom is -0.315 e. The van der Waals surface area contributed by atoms with E-state index in [1.807, 2.05) is 0 Å². The number of nitrogens with zero attached hydrogens (tertiary/aromatic N) is 2. The summed E-state index contributed by atoms with van der Waals surface area (Å²) in [6, 6.07) is 4.91. The van der Waals surface area contributed by atoms with E-state index in [2.05, 4.69) is 28.7 Å². The standard InChI is InChI=1S/C21H22N4O5S/c1-20(19(27)24-28,31(2,29)30)11-12-25-14-23-17-13-15(6-7-16(17)18(25)26)5-3-4-8-21(22)9-10-21/h6-7,13-14,28H,9-12,22H2,1-2H3,(H,24,27). The number of sulfone groups is 1. The number of hydroxylamine groups is 1. The third-order valence-electron chi connectivity index (χ3n) is 5.42. The normalized spacial score (nSPS) is 16.3. The SMILES string of the molecule is CC(CCn1cnc2cc(C#CC#CC3(N)CC3)ccc2c1=O)(C(=O)NO)S(C)(=O)=O. The average molecular weight is 442 g/mol. The highest BCUT2D eigenvalue weighted by Gasteiger charge is 2.43. The van der Waals surface area contributed by atoms with Gasteiger partial charge in [-0.15, -0.1) is 0 Å². The molecule has 4 N–H and O–H groups in total. The number of rotatable bonds is 5. The van der Waals surface area contributed by atoms with Crippen molar-refractivity contribution >= 4 is 26.6 Å². The van der Waals surface area contributed by atoms with Crippen molar-refractivity contribution in [3.05, 3.63) is 40.4 Å². The van der Waals surface area contributed by atoms with Crippen LogP contribution in [0.4, 0.5) is 0 Å². The number of nitrogens with two attached hydrogens (primary N) is 1. The Bertz CT molecular complexity index is 1340. The molecule has 1 aromatic carbocycles. The third-order valence-corrected chi connectivity index (χ3v) is 7.45. The molecule has 1 heterocycles. The largest absolute Gasteiger partial charge is 0.315 e. The molecule has 9 nitrogen and oxygen atoms in total. The molecule has 1 aromatic heterocycles. The van der Waals surface area contributed by atoms with Crippen LogP contribution >= 0.6 is 0 Å². The van der Waals surface area contributed by atoms with E-state index in [1.165, 1.54) is 23.3 Å². The van der Waals surface area contributed by atoms with Crippen molar-refractivity contribution in [2.45, 2.75) is 43.0 Å². The number of fused-ring (bicyclic) bond motifs is 1. The van der Waals surface area contributed by atoms with E-state index in [1.54, 1.807) is 18.2 Å². The minimum absolute atomic E-state index is 0.0866. The molecule has 0 bridgehead atoms. The van der Waals surface area contributed by atoms with Gasteiger partial charge in [0.05, 0.1) is 22.8 Å². The number of amides is 1. The fraction of sp³-hybridized carbons (Fsp3) is 0.381. The lowest BCUT2D eigenvalue weighted by molar-refractivity contribution is -0.131. The van der Waals surface area contributed by atoms with Gasteiger partial charge >= 0.3 is 0 Å². The summed E-state index contributed by atoms with van der Waals surface area (Å²) in [6.07, 6.45) is 3.71. The summed E-state index contributed by atoms with van der Waals surface area (Å²) in [5, 5.41) is 9.23. The molecule has 0 aliphatic heterocycles. The second-order valence-electron chi connectivity index (χ2n) is 7.83. The number of aromatic nitrogens is 2. The predicted molar refractivity (Wildman–Crippen MR) is 115 cm³/mol. The number of hydrogen-bond acceptors (Lipinski definition) is 7. The molecule has 1 atom stereocenters. The van der Waals surface area contributed by atoms with Crippen molar-refractivity contribution < 1.29 is 18.4 Å². The Balaban J connectivity index is 1.84. The van der Waals surface area contributed by atoms with Crippen LogP contribution in [-0.4, -0.2) is 45.6 Å². The Kier molecular flexibility index (Phi) is 5.92. The second-order valence-corrected chi connectivity index (χ2v) is 10.3. The number of carbonyl (C=O) groups is 1. The summed E-state index contributed by atoms with van der Waals surface area (Å²) < 4.78 is 23.5. The zero-order chi connectivity index (χ0) is 22.9. The molecule has 1 fully saturated rings. The maximum absolute atomic E-state index is 12.8. The molecular formula is C21H22N4O5S. The molecule has 0 spiro atoms. The zero-order valence-electron chi connectivity index (χ0n) is 17.1. The molecule has 1 aliphatic carbocycles. The second kappa shape index (κ2) is 8.16. The van der Waals surface area contributed by atoms with Crippen molar-refractivity contribution in [2.75, 3.05) is 6.26 Å². The van der Waals surface area contributed by atoms with Crippen LogP contribution < -0.4 is 16.8 Å². The van der Waals surface area contributed by atoms with Gasteiger partial charge in [0.1, 0.15) is 0 Å². The monoisotopic (exact) mass is 442 g/mol. The summed E-state index contributed by atoms with van der Waals surface area (Å²) >= 11 is 0. The maximum Gasteiger partial charge on any atom is 0.264 e. The minimum atomic E-state index is -3.87. The van der Waals surface area contributed by atoms with Gasteiger partial charge in [-0.05, 0) is 56.2 Å². The Labute approximate surface area is 179 Å². The van der Waals surface area contributed by atoms with Gasteiger partial charge in [0.15, 0.2) is 14.6 Å². The van der Waals surface area contributed by atoms with E-state index in [9.17, 15) is 18.0 Å². The first-order valence-electron chi connectivity index (χ1n) is 9.44. The lowest BCUT2D eigenvalue weighted by Crippen LogP contribution is -2.50. The first kappa shape index (κ1) is 22.5. The Hall–Kier alpha value is -3.18. The van der Waals surface area contributed by atoms with Crippen molar-refractivity contribution in [3.63, 3.8) is 0 Å². The van der Waals surface area contributed by atoms with E-state index >= 15 is 0 Å². The van der Waals surface area contributed by atoms with Crippen molar-refractivity contribution in [3.8, 4) is 23.7 Å². The highest BCUT2D eigenvalue weighted by atomic mass is 32.2. The molecule has 1 amide bonds. The van der Waals surface area contributed by atoms with Crippen molar-refractivity contribution in [1.29, 1.82) is 0 Å². The molecule has 3 rings (SSSR count). The van der Waals surface area contributed by atoms with E-state index < -0.39 is 26.0 Å². The van der Waals surface area contributed by atoms with E-state index in [0.717, 1.165) is 19.1 Å². The fourth-order valence-electron chi connectivity index (χ4n) is 2.83. The van der Waals surface area contributed by atoms with Gasteiger partial charge < -0.3 is 5.73 Å². The Morgan fingerprint density at radius 3 is 2.71 bits per heavy atom. The van der Waals surface area contributed by atoms with Crippen molar-refractivity contribution in [1.82, 2.24) is 15.0 Å². The number of nitrogens with one attached hydrogen (secondary N) is 1. The predicted octanol–water partition coefficient (Wildman–Crippen LogP) is -0.0585. The Morgan fingerprint density at radius 1 is 1.39 bits per heavy atom. The summed E-state index contributed by atoms with van der Waals surface area (Å²) in [4.78, 5) is 29.0. The smallest absolute Gasteiger partial charge is 0.264 e. The summed E-state index contributed by atoms with van der Waals surface area (Å²) in [6.45, 7) is 1.10. The number of aryl methyl sites for hydroxylation is 1. The molecule has 0 saturated heterocycles. The van der Waals surface area contributed by atoms with Gasteiger partial charge in [0.25, 0.3) is 11.5 Å². The molecule has 1 unspecified atom stereocenters. The quantitative estimate of drug-likeness (QED) is 0.334. The van der Waals surface area contributed by atoms with Gasteiger partial charge in [-0.2, -0.15) is 0 Å². The average Bonchev–Trinajstić information content (AvgIpc) is 3.46. The van der Waals surface area contributed by atoms with Crippen LogP contribution in [0, 0.1) is 23.7 Å². The number of benzene rings is 1. The van der Waals surface area contributed by atoms with Crippen LogP contribution in [0.1, 0.15) is 31.7 Å². The van der Waals surface area contributed by atoms with E-state index in [4.69, 9.17) is 10.9 Å². The van der Waals surface area contributed by atoms with Gasteiger partial charge in [0.2, 0.25) is 0 Å². The first-order chi connectivity index (χ1) is 14.5. The van der Waals surface area contributed by atoms with E-state index in [-0.39, 0.29) is 18.5 Å². The highest BCUT2D eigenvalue weighted by Crippen LogP contribution is 2.30. The summed E-state index contributed by atoms with van der Waals surface area (Å²) in [5.74, 6) is 10.2. The van der Waals surface area contributed by atoms with Gasteiger partial charge in [-0.3, -0.25) is 19.4 Å². The molecule has 31 heavy (non-hydrogen) atoms. The number of carbonyl (C=O) groups excluding carboxylic acids is 1. The topological polar surface area (TPSA) is 144 Å². The highest BCUT2D eigenvalue weighted by molar-refractivity contribution is 7.92. The van der Waals surface area contributed by atoms with Crippen LogP contribution in [0.2, 0.25) is 0 Å². The lowest BCUT2D eigenvalue weighted by atomic mass is 10.1. The van der Waals surface area contributed by atoms with Crippen LogP contribution in [0.25, 0.3) is 10.9 Å². The van der Waals surface area contributed by atoms with Crippen molar-refractivity contribution in [2.24, 2.45) is 5.73 Å². The molecule has 10 heteroatoms. The van der Waals surface area contributed by atoms with Crippen LogP contribution in [0.3, 0.4) is 0 Å². The Morgan fingerprint density at radius 2 is 2.10 bits per heavy atom. The molecule has 1 aliphatic rings. The molecule has 2 aromatic rings. The summed E-state index contributed by atoms with van der Waals surface area (Å²) in [5.41, 5.74) is 7.54. The molecular weight excluding hydrogens is 420 g/mol. The first-order valence-corrected chi connectivity index (χ1v) is 11.3. The van der Waals surface area contributed by atoms with E-state index in [0.29, 0.717) is 16.5 Å². The third kappa shape index (κ3) is 4.78. The maximum atomic E-state index is 12.8. The molecule has 162 valence electrons.